The highest BCUT2D eigenvalue weighted by molar-refractivity contribution is 5.89. The predicted octanol–water partition coefficient (Wildman–Crippen LogP) is 4.79. The molecule has 0 saturated carbocycles. The number of rotatable bonds is 3. The summed E-state index contributed by atoms with van der Waals surface area (Å²) in [4.78, 5) is 10.4. The second kappa shape index (κ2) is 6.43. The first-order valence-electron chi connectivity index (χ1n) is 9.17. The normalized spacial score (nSPS) is 14.5. The molecule has 3 heterocycles. The van der Waals surface area contributed by atoms with Crippen LogP contribution < -0.4 is 0 Å². The molecule has 2 aromatic heterocycles. The first kappa shape index (κ1) is 15.4. The first-order valence-corrected chi connectivity index (χ1v) is 9.17. The Morgan fingerprint density at radius 3 is 2.73 bits per heavy atom. The van der Waals surface area contributed by atoms with Gasteiger partial charge < -0.3 is 4.98 Å². The van der Waals surface area contributed by atoms with Gasteiger partial charge in [-0.15, -0.1) is 0 Å². The second-order valence-electron chi connectivity index (χ2n) is 7.03. The number of aromatic nitrogens is 2. The largest absolute Gasteiger partial charge is 0.357 e. The van der Waals surface area contributed by atoms with Crippen molar-refractivity contribution in [2.75, 3.05) is 6.54 Å². The number of hydrogen-bond donors (Lipinski definition) is 1. The SMILES string of the molecule is c1ccc(CN2CCc3c([nH]c4ccc(-c5cccnc5)cc34)C2)cc1. The first-order chi connectivity index (χ1) is 12.9. The number of hydrogen-bond acceptors (Lipinski definition) is 2. The zero-order valence-electron chi connectivity index (χ0n) is 14.7. The van der Waals surface area contributed by atoms with Gasteiger partial charge in [0, 0.05) is 54.2 Å². The van der Waals surface area contributed by atoms with Crippen molar-refractivity contribution >= 4 is 10.9 Å². The van der Waals surface area contributed by atoms with Gasteiger partial charge in [-0.05, 0) is 41.3 Å². The van der Waals surface area contributed by atoms with Crippen molar-refractivity contribution in [2.24, 2.45) is 0 Å². The fourth-order valence-electron chi connectivity index (χ4n) is 3.99. The van der Waals surface area contributed by atoms with E-state index in [0.29, 0.717) is 0 Å². The maximum Gasteiger partial charge on any atom is 0.0459 e. The number of H-pyrrole nitrogens is 1. The molecule has 0 aliphatic carbocycles. The molecule has 1 aliphatic heterocycles. The van der Waals surface area contributed by atoms with Crippen molar-refractivity contribution in [1.82, 2.24) is 14.9 Å². The van der Waals surface area contributed by atoms with Crippen LogP contribution in [0.2, 0.25) is 0 Å². The number of nitrogens with one attached hydrogen (secondary N) is 1. The molecule has 0 radical (unpaired) electrons. The van der Waals surface area contributed by atoms with Crippen molar-refractivity contribution in [3.8, 4) is 11.1 Å². The maximum atomic E-state index is 4.25. The highest BCUT2D eigenvalue weighted by Crippen LogP contribution is 2.31. The van der Waals surface area contributed by atoms with Gasteiger partial charge in [-0.1, -0.05) is 42.5 Å². The molecular formula is C23H21N3. The van der Waals surface area contributed by atoms with Crippen LogP contribution in [0.3, 0.4) is 0 Å². The molecule has 3 heteroatoms. The average Bonchev–Trinajstić information content (AvgIpc) is 3.06. The summed E-state index contributed by atoms with van der Waals surface area (Å²) in [6, 6.07) is 21.6. The lowest BCUT2D eigenvalue weighted by Gasteiger charge is -2.27. The van der Waals surface area contributed by atoms with Crippen LogP contribution in [0, 0.1) is 0 Å². The second-order valence-corrected chi connectivity index (χ2v) is 7.03. The maximum absolute atomic E-state index is 4.25. The Morgan fingerprint density at radius 1 is 0.962 bits per heavy atom. The van der Waals surface area contributed by atoms with Crippen molar-refractivity contribution in [1.29, 1.82) is 0 Å². The predicted molar refractivity (Wildman–Crippen MR) is 106 cm³/mol. The Kier molecular flexibility index (Phi) is 3.80. The minimum atomic E-state index is 0.987. The van der Waals surface area contributed by atoms with Gasteiger partial charge in [-0.2, -0.15) is 0 Å². The minimum absolute atomic E-state index is 0.987. The molecule has 0 unspecified atom stereocenters. The Hall–Kier alpha value is -2.91. The topological polar surface area (TPSA) is 31.9 Å². The molecule has 3 nitrogen and oxygen atoms in total. The summed E-state index contributed by atoms with van der Waals surface area (Å²) in [5.74, 6) is 0. The smallest absolute Gasteiger partial charge is 0.0459 e. The van der Waals surface area contributed by atoms with E-state index in [1.165, 1.54) is 38.9 Å². The van der Waals surface area contributed by atoms with Crippen LogP contribution in [0.1, 0.15) is 16.8 Å². The minimum Gasteiger partial charge on any atom is -0.357 e. The fraction of sp³-hybridized carbons (Fsp3) is 0.174. The summed E-state index contributed by atoms with van der Waals surface area (Å²) in [6.45, 7) is 3.10. The van der Waals surface area contributed by atoms with Crippen LogP contribution in [-0.4, -0.2) is 21.4 Å². The van der Waals surface area contributed by atoms with E-state index in [4.69, 9.17) is 0 Å². The third-order valence-corrected chi connectivity index (χ3v) is 5.30. The molecule has 128 valence electrons. The van der Waals surface area contributed by atoms with E-state index < -0.39 is 0 Å². The highest BCUT2D eigenvalue weighted by Gasteiger charge is 2.20. The molecule has 1 aliphatic rings. The van der Waals surface area contributed by atoms with E-state index in [1.807, 2.05) is 18.5 Å². The van der Waals surface area contributed by atoms with E-state index in [9.17, 15) is 0 Å². The van der Waals surface area contributed by atoms with Crippen LogP contribution >= 0.6 is 0 Å². The number of pyridine rings is 1. The van der Waals surface area contributed by atoms with Crippen LogP contribution in [0.15, 0.2) is 73.1 Å². The number of benzene rings is 2. The van der Waals surface area contributed by atoms with Gasteiger partial charge in [0.15, 0.2) is 0 Å². The number of fused-ring (bicyclic) bond motifs is 3. The molecule has 0 spiro atoms. The van der Waals surface area contributed by atoms with Gasteiger partial charge in [0.05, 0.1) is 0 Å². The van der Waals surface area contributed by atoms with Gasteiger partial charge in [-0.25, -0.2) is 0 Å². The van der Waals surface area contributed by atoms with E-state index in [1.54, 1.807) is 0 Å². The molecule has 0 saturated heterocycles. The summed E-state index contributed by atoms with van der Waals surface area (Å²) in [5.41, 5.74) is 7.88. The Bertz CT molecular complexity index is 1040. The van der Waals surface area contributed by atoms with Crippen LogP contribution in [0.5, 0.6) is 0 Å². The van der Waals surface area contributed by atoms with E-state index >= 15 is 0 Å². The molecule has 2 aromatic carbocycles. The lowest BCUT2D eigenvalue weighted by atomic mass is 9.99. The van der Waals surface area contributed by atoms with Gasteiger partial charge in [0.1, 0.15) is 0 Å². The van der Waals surface area contributed by atoms with Gasteiger partial charge in [0.2, 0.25) is 0 Å². The van der Waals surface area contributed by atoms with E-state index in [2.05, 4.69) is 69.5 Å². The lowest BCUT2D eigenvalue weighted by molar-refractivity contribution is 0.243. The number of nitrogens with zero attached hydrogens (tertiary/aromatic N) is 2. The Balaban J connectivity index is 1.45. The highest BCUT2D eigenvalue weighted by atomic mass is 15.1. The summed E-state index contributed by atoms with van der Waals surface area (Å²) in [5, 5.41) is 1.36. The van der Waals surface area contributed by atoms with Gasteiger partial charge in [0.25, 0.3) is 0 Å². The molecular weight excluding hydrogens is 318 g/mol. The zero-order chi connectivity index (χ0) is 17.3. The van der Waals surface area contributed by atoms with Crippen molar-refractivity contribution < 1.29 is 0 Å². The van der Waals surface area contributed by atoms with E-state index in [0.717, 1.165) is 26.1 Å². The third-order valence-electron chi connectivity index (χ3n) is 5.30. The summed E-state index contributed by atoms with van der Waals surface area (Å²) >= 11 is 0. The van der Waals surface area contributed by atoms with E-state index in [-0.39, 0.29) is 0 Å². The molecule has 0 atom stereocenters. The standard InChI is InChI=1S/C23H21N3/c1-2-5-17(6-3-1)15-26-12-10-20-21-13-18(19-7-4-11-24-14-19)8-9-22(21)25-23(20)16-26/h1-9,11,13-14,25H,10,12,15-16H2. The van der Waals surface area contributed by atoms with Crippen molar-refractivity contribution in [3.63, 3.8) is 0 Å². The number of aromatic amines is 1. The Labute approximate surface area is 153 Å². The van der Waals surface area contributed by atoms with Crippen molar-refractivity contribution in [2.45, 2.75) is 19.5 Å². The molecule has 4 aromatic rings. The third kappa shape index (κ3) is 2.80. The van der Waals surface area contributed by atoms with Crippen molar-refractivity contribution in [3.05, 3.63) is 89.9 Å². The molecule has 0 bridgehead atoms. The molecule has 26 heavy (non-hydrogen) atoms. The molecule has 0 amide bonds. The zero-order valence-corrected chi connectivity index (χ0v) is 14.7. The fourth-order valence-corrected chi connectivity index (χ4v) is 3.99. The Morgan fingerprint density at radius 2 is 1.88 bits per heavy atom. The van der Waals surface area contributed by atoms with Gasteiger partial charge in [-0.3, -0.25) is 9.88 Å². The summed E-state index contributed by atoms with van der Waals surface area (Å²) < 4.78 is 0. The molecule has 0 fully saturated rings. The van der Waals surface area contributed by atoms with Gasteiger partial charge >= 0.3 is 0 Å². The average molecular weight is 339 g/mol. The van der Waals surface area contributed by atoms with Crippen LogP contribution in [-0.2, 0) is 19.5 Å². The quantitative estimate of drug-likeness (QED) is 0.582. The summed E-state index contributed by atoms with van der Waals surface area (Å²) in [7, 11) is 0. The lowest BCUT2D eigenvalue weighted by Crippen LogP contribution is -2.29. The van der Waals surface area contributed by atoms with Crippen LogP contribution in [0.4, 0.5) is 0 Å². The van der Waals surface area contributed by atoms with Crippen LogP contribution in [0.25, 0.3) is 22.0 Å². The summed E-state index contributed by atoms with van der Waals surface area (Å²) in [6.07, 6.45) is 4.85. The molecule has 5 rings (SSSR count). The monoisotopic (exact) mass is 339 g/mol. The molecule has 1 N–H and O–H groups in total.